The predicted molar refractivity (Wildman–Crippen MR) is 71.7 cm³/mol. The van der Waals surface area contributed by atoms with E-state index < -0.39 is 0 Å². The van der Waals surface area contributed by atoms with Crippen LogP contribution in [0.15, 0.2) is 24.3 Å². The molecule has 2 heteroatoms. The van der Waals surface area contributed by atoms with Gasteiger partial charge in [0.25, 0.3) is 0 Å². The highest BCUT2D eigenvalue weighted by Gasteiger charge is 2.15. The lowest BCUT2D eigenvalue weighted by molar-refractivity contribution is 0.138. The molecule has 1 aliphatic rings. The zero-order valence-corrected chi connectivity index (χ0v) is 10.5. The van der Waals surface area contributed by atoms with Crippen LogP contribution in [0.25, 0.3) is 0 Å². The molecule has 1 aromatic rings. The highest BCUT2D eigenvalue weighted by atomic mass is 15.3. The minimum absolute atomic E-state index is 0.790. The lowest BCUT2D eigenvalue weighted by Crippen LogP contribution is -2.45. The van der Waals surface area contributed by atoms with E-state index in [-0.39, 0.29) is 0 Å². The molecule has 0 unspecified atom stereocenters. The Morgan fingerprint density at radius 1 is 1.18 bits per heavy atom. The van der Waals surface area contributed by atoms with Crippen LogP contribution >= 0.6 is 0 Å². The molecule has 1 aliphatic heterocycles. The van der Waals surface area contributed by atoms with E-state index in [1.54, 1.807) is 0 Å². The summed E-state index contributed by atoms with van der Waals surface area (Å²) in [6.45, 7) is 8.43. The third kappa shape index (κ3) is 3.59. The van der Waals surface area contributed by atoms with Gasteiger partial charge in [-0.1, -0.05) is 35.7 Å². The van der Waals surface area contributed by atoms with Crippen LogP contribution in [0.2, 0.25) is 0 Å². The first-order chi connectivity index (χ1) is 8.28. The van der Waals surface area contributed by atoms with Gasteiger partial charge < -0.3 is 0 Å². The van der Waals surface area contributed by atoms with Crippen molar-refractivity contribution in [1.29, 1.82) is 0 Å². The molecule has 0 saturated carbocycles. The molecule has 0 amide bonds. The van der Waals surface area contributed by atoms with E-state index in [9.17, 15) is 0 Å². The Kier molecular flexibility index (Phi) is 4.19. The van der Waals surface area contributed by atoms with Crippen molar-refractivity contribution in [2.75, 3.05) is 32.7 Å². The summed E-state index contributed by atoms with van der Waals surface area (Å²) in [5.41, 5.74) is 2.75. The predicted octanol–water partition coefficient (Wildman–Crippen LogP) is 1.75. The average Bonchev–Trinajstić information content (AvgIpc) is 2.32. The van der Waals surface area contributed by atoms with Gasteiger partial charge in [0.15, 0.2) is 0 Å². The first kappa shape index (κ1) is 12.2. The van der Waals surface area contributed by atoms with Crippen LogP contribution in [0.1, 0.15) is 11.1 Å². The summed E-state index contributed by atoms with van der Waals surface area (Å²) in [5, 5.41) is 0. The Morgan fingerprint density at radius 3 is 2.53 bits per heavy atom. The van der Waals surface area contributed by atoms with Gasteiger partial charge in [-0.3, -0.25) is 9.80 Å². The second-order valence-corrected chi connectivity index (χ2v) is 4.75. The second-order valence-electron chi connectivity index (χ2n) is 4.75. The lowest BCUT2D eigenvalue weighted by Gasteiger charge is -2.33. The molecule has 17 heavy (non-hydrogen) atoms. The quantitative estimate of drug-likeness (QED) is 0.727. The maximum atomic E-state index is 5.33. The Bertz CT molecular complexity index is 398. The van der Waals surface area contributed by atoms with E-state index in [0.29, 0.717) is 0 Å². The Hall–Kier alpha value is -1.30. The third-order valence-electron chi connectivity index (χ3n) is 3.27. The van der Waals surface area contributed by atoms with Crippen molar-refractivity contribution in [3.63, 3.8) is 0 Å². The number of hydrogen-bond acceptors (Lipinski definition) is 2. The van der Waals surface area contributed by atoms with Gasteiger partial charge in [0.1, 0.15) is 0 Å². The molecule has 90 valence electrons. The van der Waals surface area contributed by atoms with Crippen LogP contribution in [0.3, 0.4) is 0 Å². The number of aryl methyl sites for hydroxylation is 1. The fourth-order valence-corrected chi connectivity index (χ4v) is 2.30. The molecule has 0 aliphatic carbocycles. The van der Waals surface area contributed by atoms with E-state index in [2.05, 4.69) is 46.9 Å². The first-order valence-corrected chi connectivity index (χ1v) is 6.21. The minimum Gasteiger partial charge on any atom is -0.297 e. The number of piperazine rings is 1. The van der Waals surface area contributed by atoms with Gasteiger partial charge >= 0.3 is 0 Å². The van der Waals surface area contributed by atoms with Gasteiger partial charge in [0.05, 0.1) is 6.54 Å². The fourth-order valence-electron chi connectivity index (χ4n) is 2.30. The normalized spacial score (nSPS) is 17.9. The standard InChI is InChI=1S/C15H20N2/c1-3-7-16-8-10-17(11-9-16)13-15-6-4-5-14(2)12-15/h1,4-6,12H,7-11,13H2,2H3. The number of nitrogens with zero attached hydrogens (tertiary/aromatic N) is 2. The molecular weight excluding hydrogens is 208 g/mol. The number of hydrogen-bond donors (Lipinski definition) is 0. The molecule has 0 atom stereocenters. The van der Waals surface area contributed by atoms with Crippen molar-refractivity contribution < 1.29 is 0 Å². The van der Waals surface area contributed by atoms with Crippen LogP contribution in [0.4, 0.5) is 0 Å². The Balaban J connectivity index is 1.84. The smallest absolute Gasteiger partial charge is 0.0599 e. The number of terminal acetylenes is 1. The minimum atomic E-state index is 0.790. The van der Waals surface area contributed by atoms with Crippen LogP contribution < -0.4 is 0 Å². The SMILES string of the molecule is C#CCN1CCN(Cc2cccc(C)c2)CC1. The van der Waals surface area contributed by atoms with Gasteiger partial charge in [-0.05, 0) is 12.5 Å². The van der Waals surface area contributed by atoms with E-state index >= 15 is 0 Å². The average molecular weight is 228 g/mol. The zero-order chi connectivity index (χ0) is 12.1. The Labute approximate surface area is 104 Å². The highest BCUT2D eigenvalue weighted by molar-refractivity contribution is 5.22. The van der Waals surface area contributed by atoms with Crippen molar-refractivity contribution >= 4 is 0 Å². The van der Waals surface area contributed by atoms with Crippen LogP contribution in [0, 0.1) is 19.3 Å². The lowest BCUT2D eigenvalue weighted by atomic mass is 10.1. The highest BCUT2D eigenvalue weighted by Crippen LogP contribution is 2.10. The molecule has 2 rings (SSSR count). The topological polar surface area (TPSA) is 6.48 Å². The first-order valence-electron chi connectivity index (χ1n) is 6.21. The van der Waals surface area contributed by atoms with E-state index in [1.165, 1.54) is 11.1 Å². The van der Waals surface area contributed by atoms with Crippen molar-refractivity contribution in [3.05, 3.63) is 35.4 Å². The number of benzene rings is 1. The summed E-state index contributed by atoms with van der Waals surface area (Å²) in [6, 6.07) is 8.77. The van der Waals surface area contributed by atoms with E-state index in [4.69, 9.17) is 6.42 Å². The maximum Gasteiger partial charge on any atom is 0.0599 e. The van der Waals surface area contributed by atoms with Crippen LogP contribution in [-0.2, 0) is 6.54 Å². The number of rotatable bonds is 3. The van der Waals surface area contributed by atoms with Gasteiger partial charge in [0, 0.05) is 32.7 Å². The molecule has 0 radical (unpaired) electrons. The summed E-state index contributed by atoms with van der Waals surface area (Å²) in [6.07, 6.45) is 5.33. The molecule has 0 bridgehead atoms. The van der Waals surface area contributed by atoms with Crippen molar-refractivity contribution in [2.45, 2.75) is 13.5 Å². The maximum absolute atomic E-state index is 5.33. The molecule has 1 fully saturated rings. The molecule has 0 spiro atoms. The van der Waals surface area contributed by atoms with Gasteiger partial charge in [-0.25, -0.2) is 0 Å². The fraction of sp³-hybridized carbons (Fsp3) is 0.467. The summed E-state index contributed by atoms with van der Waals surface area (Å²) in [5.74, 6) is 2.72. The summed E-state index contributed by atoms with van der Waals surface area (Å²) >= 11 is 0. The molecule has 1 heterocycles. The molecule has 0 aromatic heterocycles. The molecule has 2 nitrogen and oxygen atoms in total. The van der Waals surface area contributed by atoms with Gasteiger partial charge in [-0.15, -0.1) is 6.42 Å². The van der Waals surface area contributed by atoms with Crippen LogP contribution in [-0.4, -0.2) is 42.5 Å². The van der Waals surface area contributed by atoms with Crippen molar-refractivity contribution in [3.8, 4) is 12.3 Å². The third-order valence-corrected chi connectivity index (χ3v) is 3.27. The molecule has 1 saturated heterocycles. The molecule has 1 aromatic carbocycles. The van der Waals surface area contributed by atoms with Crippen molar-refractivity contribution in [1.82, 2.24) is 9.80 Å². The molecular formula is C15H20N2. The van der Waals surface area contributed by atoms with Gasteiger partial charge in [-0.2, -0.15) is 0 Å². The van der Waals surface area contributed by atoms with Crippen molar-refractivity contribution in [2.24, 2.45) is 0 Å². The Morgan fingerprint density at radius 2 is 1.88 bits per heavy atom. The molecule has 0 N–H and O–H groups in total. The summed E-state index contributed by atoms with van der Waals surface area (Å²) in [4.78, 5) is 4.84. The largest absolute Gasteiger partial charge is 0.297 e. The van der Waals surface area contributed by atoms with Gasteiger partial charge in [0.2, 0.25) is 0 Å². The summed E-state index contributed by atoms with van der Waals surface area (Å²) < 4.78 is 0. The second kappa shape index (κ2) is 5.86. The van der Waals surface area contributed by atoms with E-state index in [1.807, 2.05) is 0 Å². The van der Waals surface area contributed by atoms with E-state index in [0.717, 1.165) is 39.3 Å². The van der Waals surface area contributed by atoms with Crippen LogP contribution in [0.5, 0.6) is 0 Å². The summed E-state index contributed by atoms with van der Waals surface area (Å²) in [7, 11) is 0. The zero-order valence-electron chi connectivity index (χ0n) is 10.5. The monoisotopic (exact) mass is 228 g/mol.